The van der Waals surface area contributed by atoms with Crippen molar-refractivity contribution in [3.8, 4) is 17.0 Å². The summed E-state index contributed by atoms with van der Waals surface area (Å²) in [5, 5.41) is 13.4. The van der Waals surface area contributed by atoms with Crippen molar-refractivity contribution in [2.75, 3.05) is 51.3 Å². The first-order valence-corrected chi connectivity index (χ1v) is 11.5. The van der Waals surface area contributed by atoms with Crippen LogP contribution in [-0.4, -0.2) is 78.4 Å². The fraction of sp³-hybridized carbons (Fsp3) is 0.400. The number of phenols is 1. The number of pyridine rings is 2. The number of anilines is 1. The van der Waals surface area contributed by atoms with Gasteiger partial charge >= 0.3 is 0 Å². The van der Waals surface area contributed by atoms with E-state index in [4.69, 9.17) is 9.72 Å². The van der Waals surface area contributed by atoms with Crippen LogP contribution >= 0.6 is 0 Å². The summed E-state index contributed by atoms with van der Waals surface area (Å²) >= 11 is 0. The van der Waals surface area contributed by atoms with E-state index in [0.717, 1.165) is 30.6 Å². The van der Waals surface area contributed by atoms with Crippen LogP contribution < -0.4 is 10.2 Å². The lowest BCUT2D eigenvalue weighted by Crippen LogP contribution is -2.41. The summed E-state index contributed by atoms with van der Waals surface area (Å²) in [5.41, 5.74) is 4.10. The minimum atomic E-state index is -0.0573. The van der Waals surface area contributed by atoms with Gasteiger partial charge < -0.3 is 25.0 Å². The summed E-state index contributed by atoms with van der Waals surface area (Å²) in [6.07, 6.45) is 4.00. The molecule has 8 nitrogen and oxygen atoms in total. The molecule has 4 heterocycles. The Balaban J connectivity index is 1.61. The molecular formula is C25H29N5O3. The molecule has 0 aliphatic carbocycles. The van der Waals surface area contributed by atoms with Gasteiger partial charge in [0.1, 0.15) is 11.3 Å². The van der Waals surface area contributed by atoms with E-state index in [1.165, 1.54) is 0 Å². The third-order valence-corrected chi connectivity index (χ3v) is 6.40. The summed E-state index contributed by atoms with van der Waals surface area (Å²) in [4.78, 5) is 27.3. The van der Waals surface area contributed by atoms with E-state index in [9.17, 15) is 9.90 Å². The summed E-state index contributed by atoms with van der Waals surface area (Å²) in [7, 11) is 1.86. The van der Waals surface area contributed by atoms with Crippen LogP contribution in [0.5, 0.6) is 5.75 Å². The first-order chi connectivity index (χ1) is 16.1. The molecule has 2 aliphatic rings. The topological polar surface area (TPSA) is 90.8 Å². The molecule has 0 spiro atoms. The van der Waals surface area contributed by atoms with Crippen LogP contribution in [0, 0.1) is 0 Å². The quantitative estimate of drug-likeness (QED) is 0.621. The fourth-order valence-corrected chi connectivity index (χ4v) is 4.65. The number of amides is 1. The van der Waals surface area contributed by atoms with E-state index in [1.54, 1.807) is 29.3 Å². The zero-order valence-corrected chi connectivity index (χ0v) is 18.8. The van der Waals surface area contributed by atoms with Crippen molar-refractivity contribution < 1.29 is 14.6 Å². The highest BCUT2D eigenvalue weighted by atomic mass is 16.5. The summed E-state index contributed by atoms with van der Waals surface area (Å²) in [5.74, 6) is 0.118. The van der Waals surface area contributed by atoms with Gasteiger partial charge in [-0.15, -0.1) is 0 Å². The number of rotatable bonds is 5. The van der Waals surface area contributed by atoms with Crippen molar-refractivity contribution >= 4 is 22.6 Å². The molecule has 1 atom stereocenters. The van der Waals surface area contributed by atoms with Crippen molar-refractivity contribution in [2.45, 2.75) is 18.9 Å². The number of nitrogens with zero attached hydrogens (tertiary/aromatic N) is 4. The second-order valence-electron chi connectivity index (χ2n) is 8.71. The normalized spacial score (nSPS) is 18.6. The van der Waals surface area contributed by atoms with Gasteiger partial charge in [0, 0.05) is 38.3 Å². The van der Waals surface area contributed by atoms with Crippen LogP contribution in [0.15, 0.2) is 42.6 Å². The number of aromatic nitrogens is 2. The number of nitrogens with one attached hydrogen (secondary N) is 1. The summed E-state index contributed by atoms with van der Waals surface area (Å²) in [6.45, 7) is 4.28. The lowest BCUT2D eigenvalue weighted by molar-refractivity contribution is 0.0784. The number of benzene rings is 1. The van der Waals surface area contributed by atoms with Gasteiger partial charge in [0.05, 0.1) is 41.9 Å². The Morgan fingerprint density at radius 2 is 2.12 bits per heavy atom. The van der Waals surface area contributed by atoms with Gasteiger partial charge in [0.2, 0.25) is 0 Å². The van der Waals surface area contributed by atoms with Gasteiger partial charge in [-0.25, -0.2) is 4.98 Å². The molecule has 5 rings (SSSR count). The molecule has 0 radical (unpaired) electrons. The second-order valence-corrected chi connectivity index (χ2v) is 8.71. The lowest BCUT2D eigenvalue weighted by atomic mass is 10.1. The zero-order chi connectivity index (χ0) is 22.8. The number of phenolic OH excluding ortho intramolecular Hbond substituents is 1. The Hall–Kier alpha value is -3.23. The maximum absolute atomic E-state index is 13.8. The van der Waals surface area contributed by atoms with Gasteiger partial charge in [-0.3, -0.25) is 9.78 Å². The molecule has 2 N–H and O–H groups in total. The Kier molecular flexibility index (Phi) is 6.11. The van der Waals surface area contributed by atoms with Crippen molar-refractivity contribution in [3.05, 3.63) is 48.2 Å². The molecule has 2 aliphatic heterocycles. The second kappa shape index (κ2) is 9.33. The predicted octanol–water partition coefficient (Wildman–Crippen LogP) is 2.66. The van der Waals surface area contributed by atoms with E-state index in [1.807, 2.05) is 25.2 Å². The zero-order valence-electron chi connectivity index (χ0n) is 18.8. The number of carbonyl (C=O) groups excluding carboxylic acids is 1. The van der Waals surface area contributed by atoms with Crippen LogP contribution in [-0.2, 0) is 4.74 Å². The standard InChI is InChI=1S/C25H29N5O3/c1-29(16-18-5-3-9-26-18)25(32)23-22(30-10-12-33-13-11-30)15-27-21-8-7-20(28-24(21)23)17-4-2-6-19(31)14-17/h2,4,6-8,14-15,18,26,31H,3,5,9-13,16H2,1H3/t18-/m0/s1. The smallest absolute Gasteiger partial charge is 0.258 e. The number of likely N-dealkylation sites (N-methyl/N-ethyl adjacent to an activating group) is 1. The van der Waals surface area contributed by atoms with Crippen LogP contribution in [0.3, 0.4) is 0 Å². The molecule has 0 unspecified atom stereocenters. The Labute approximate surface area is 193 Å². The van der Waals surface area contributed by atoms with Gasteiger partial charge in [-0.2, -0.15) is 0 Å². The van der Waals surface area contributed by atoms with Crippen LogP contribution in [0.4, 0.5) is 5.69 Å². The Bertz CT molecular complexity index is 1160. The first kappa shape index (κ1) is 21.6. The average Bonchev–Trinajstić information content (AvgIpc) is 3.36. The van der Waals surface area contributed by atoms with Crippen molar-refractivity contribution in [3.63, 3.8) is 0 Å². The van der Waals surface area contributed by atoms with Crippen LogP contribution in [0.1, 0.15) is 23.2 Å². The molecule has 8 heteroatoms. The maximum atomic E-state index is 13.8. The van der Waals surface area contributed by atoms with Gasteiger partial charge in [0.25, 0.3) is 5.91 Å². The molecule has 172 valence electrons. The van der Waals surface area contributed by atoms with Crippen molar-refractivity contribution in [1.82, 2.24) is 20.2 Å². The van der Waals surface area contributed by atoms with Gasteiger partial charge in [0.15, 0.2) is 0 Å². The molecule has 3 aromatic rings. The van der Waals surface area contributed by atoms with E-state index >= 15 is 0 Å². The minimum absolute atomic E-state index is 0.0573. The predicted molar refractivity (Wildman–Crippen MR) is 128 cm³/mol. The molecule has 33 heavy (non-hydrogen) atoms. The Morgan fingerprint density at radius 3 is 2.88 bits per heavy atom. The lowest BCUT2D eigenvalue weighted by Gasteiger charge is -2.31. The van der Waals surface area contributed by atoms with E-state index in [2.05, 4.69) is 15.2 Å². The molecule has 1 amide bonds. The summed E-state index contributed by atoms with van der Waals surface area (Å²) < 4.78 is 5.53. The average molecular weight is 448 g/mol. The fourth-order valence-electron chi connectivity index (χ4n) is 4.65. The van der Waals surface area contributed by atoms with Crippen molar-refractivity contribution in [2.24, 2.45) is 0 Å². The number of aromatic hydroxyl groups is 1. The van der Waals surface area contributed by atoms with Crippen LogP contribution in [0.2, 0.25) is 0 Å². The summed E-state index contributed by atoms with van der Waals surface area (Å²) in [6, 6.07) is 11.1. The number of ether oxygens (including phenoxy) is 1. The number of carbonyl (C=O) groups is 1. The monoisotopic (exact) mass is 447 g/mol. The third-order valence-electron chi connectivity index (χ3n) is 6.40. The molecule has 2 aromatic heterocycles. The Morgan fingerprint density at radius 1 is 1.27 bits per heavy atom. The number of morpholine rings is 1. The van der Waals surface area contributed by atoms with E-state index in [-0.39, 0.29) is 11.7 Å². The molecule has 0 saturated carbocycles. The molecular weight excluding hydrogens is 418 g/mol. The van der Waals surface area contributed by atoms with Crippen molar-refractivity contribution in [1.29, 1.82) is 0 Å². The molecule has 0 bridgehead atoms. The SMILES string of the molecule is CN(C[C@@H]1CCCN1)C(=O)c1c(N2CCOCC2)cnc2ccc(-c3cccc(O)c3)nc12. The molecule has 1 aromatic carbocycles. The highest BCUT2D eigenvalue weighted by Gasteiger charge is 2.27. The highest BCUT2D eigenvalue weighted by Crippen LogP contribution is 2.31. The highest BCUT2D eigenvalue weighted by molar-refractivity contribution is 6.09. The molecule has 2 fully saturated rings. The minimum Gasteiger partial charge on any atom is -0.508 e. The maximum Gasteiger partial charge on any atom is 0.258 e. The van der Waals surface area contributed by atoms with Crippen LogP contribution in [0.25, 0.3) is 22.3 Å². The van der Waals surface area contributed by atoms with Gasteiger partial charge in [-0.05, 0) is 43.7 Å². The number of fused-ring (bicyclic) bond motifs is 1. The van der Waals surface area contributed by atoms with E-state index in [0.29, 0.717) is 61.2 Å². The largest absolute Gasteiger partial charge is 0.508 e. The third kappa shape index (κ3) is 4.49. The number of hydrogen-bond donors (Lipinski definition) is 2. The van der Waals surface area contributed by atoms with Gasteiger partial charge in [-0.1, -0.05) is 12.1 Å². The molecule has 2 saturated heterocycles. The number of hydrogen-bond acceptors (Lipinski definition) is 7. The van der Waals surface area contributed by atoms with E-state index < -0.39 is 0 Å². The first-order valence-electron chi connectivity index (χ1n) is 11.5.